The lowest BCUT2D eigenvalue weighted by Gasteiger charge is -2.12. The third-order valence-corrected chi connectivity index (χ3v) is 3.89. The highest BCUT2D eigenvalue weighted by atomic mass is 19.3. The molecule has 134 valence electrons. The fourth-order valence-electron chi connectivity index (χ4n) is 2.77. The fourth-order valence-corrected chi connectivity index (χ4v) is 2.77. The van der Waals surface area contributed by atoms with E-state index in [0.717, 1.165) is 16.3 Å². The Morgan fingerprint density at radius 3 is 2.58 bits per heavy atom. The quantitative estimate of drug-likeness (QED) is 0.700. The van der Waals surface area contributed by atoms with Crippen LogP contribution in [0.4, 0.5) is 14.5 Å². The number of alkyl halides is 2. The van der Waals surface area contributed by atoms with Crippen LogP contribution in [0.15, 0.2) is 60.7 Å². The van der Waals surface area contributed by atoms with Gasteiger partial charge in [0.2, 0.25) is 5.91 Å². The zero-order valence-corrected chi connectivity index (χ0v) is 14.0. The van der Waals surface area contributed by atoms with E-state index in [2.05, 4.69) is 10.1 Å². The van der Waals surface area contributed by atoms with E-state index in [9.17, 15) is 13.6 Å². The van der Waals surface area contributed by atoms with Crippen molar-refractivity contribution in [2.24, 2.45) is 0 Å². The third kappa shape index (κ3) is 4.08. The molecule has 6 heteroatoms. The molecule has 0 aromatic heterocycles. The number of carbonyl (C=O) groups excluding carboxylic acids is 1. The highest BCUT2D eigenvalue weighted by Gasteiger charge is 2.13. The largest absolute Gasteiger partial charge is 0.493 e. The van der Waals surface area contributed by atoms with Crippen molar-refractivity contribution in [1.82, 2.24) is 0 Å². The van der Waals surface area contributed by atoms with E-state index in [-0.39, 0.29) is 23.8 Å². The SMILES string of the molecule is COc1ccc(NC(=O)Cc2cccc3ccccc23)cc1OC(F)F. The predicted octanol–water partition coefficient (Wildman–Crippen LogP) is 4.63. The Balaban J connectivity index is 1.77. The number of carbonyl (C=O) groups is 1. The molecule has 26 heavy (non-hydrogen) atoms. The number of amides is 1. The van der Waals surface area contributed by atoms with Crippen LogP contribution in [0.3, 0.4) is 0 Å². The number of hydrogen-bond donors (Lipinski definition) is 1. The van der Waals surface area contributed by atoms with Gasteiger partial charge < -0.3 is 14.8 Å². The molecule has 3 rings (SSSR count). The molecular weight excluding hydrogens is 340 g/mol. The lowest BCUT2D eigenvalue weighted by Crippen LogP contribution is -2.15. The monoisotopic (exact) mass is 357 g/mol. The molecule has 0 spiro atoms. The zero-order chi connectivity index (χ0) is 18.5. The molecule has 0 heterocycles. The van der Waals surface area contributed by atoms with Crippen LogP contribution in [0, 0.1) is 0 Å². The summed E-state index contributed by atoms with van der Waals surface area (Å²) in [6.07, 6.45) is 0.165. The molecule has 3 aromatic carbocycles. The van der Waals surface area contributed by atoms with Crippen molar-refractivity contribution in [3.8, 4) is 11.5 Å². The van der Waals surface area contributed by atoms with E-state index in [1.165, 1.54) is 19.2 Å². The number of fused-ring (bicyclic) bond motifs is 1. The average molecular weight is 357 g/mol. The van der Waals surface area contributed by atoms with Crippen molar-refractivity contribution in [1.29, 1.82) is 0 Å². The molecule has 0 saturated heterocycles. The topological polar surface area (TPSA) is 47.6 Å². The minimum Gasteiger partial charge on any atom is -0.493 e. The van der Waals surface area contributed by atoms with Gasteiger partial charge >= 0.3 is 6.61 Å². The summed E-state index contributed by atoms with van der Waals surface area (Å²) in [4.78, 5) is 12.4. The molecule has 0 atom stereocenters. The van der Waals surface area contributed by atoms with Gasteiger partial charge in [0.1, 0.15) is 0 Å². The fraction of sp³-hybridized carbons (Fsp3) is 0.150. The second-order valence-corrected chi connectivity index (χ2v) is 5.61. The van der Waals surface area contributed by atoms with Crippen molar-refractivity contribution in [3.63, 3.8) is 0 Å². The normalized spacial score (nSPS) is 10.8. The van der Waals surface area contributed by atoms with Gasteiger partial charge in [0.15, 0.2) is 11.5 Å². The molecule has 0 unspecified atom stereocenters. The summed E-state index contributed by atoms with van der Waals surface area (Å²) < 4.78 is 34.4. The zero-order valence-electron chi connectivity index (χ0n) is 14.0. The van der Waals surface area contributed by atoms with Gasteiger partial charge in [-0.15, -0.1) is 0 Å². The number of rotatable bonds is 6. The second-order valence-electron chi connectivity index (χ2n) is 5.61. The van der Waals surface area contributed by atoms with Crippen LogP contribution in [0.5, 0.6) is 11.5 Å². The molecule has 4 nitrogen and oxygen atoms in total. The maximum Gasteiger partial charge on any atom is 0.387 e. The van der Waals surface area contributed by atoms with Crippen molar-refractivity contribution in [3.05, 3.63) is 66.2 Å². The van der Waals surface area contributed by atoms with E-state index in [1.54, 1.807) is 6.07 Å². The number of anilines is 1. The maximum atomic E-state index is 12.5. The van der Waals surface area contributed by atoms with Crippen molar-refractivity contribution in [2.75, 3.05) is 12.4 Å². The summed E-state index contributed by atoms with van der Waals surface area (Å²) in [7, 11) is 1.35. The van der Waals surface area contributed by atoms with E-state index < -0.39 is 6.61 Å². The van der Waals surface area contributed by atoms with Crippen LogP contribution < -0.4 is 14.8 Å². The summed E-state index contributed by atoms with van der Waals surface area (Å²) in [6, 6.07) is 17.9. The van der Waals surface area contributed by atoms with Crippen molar-refractivity contribution < 1.29 is 23.0 Å². The molecule has 0 aliphatic carbocycles. The van der Waals surface area contributed by atoms with Gasteiger partial charge in [-0.05, 0) is 28.5 Å². The molecule has 3 aromatic rings. The van der Waals surface area contributed by atoms with Gasteiger partial charge in [-0.2, -0.15) is 8.78 Å². The maximum absolute atomic E-state index is 12.5. The smallest absolute Gasteiger partial charge is 0.387 e. The average Bonchev–Trinajstić information content (AvgIpc) is 2.62. The Labute approximate surface area is 149 Å². The van der Waals surface area contributed by atoms with Crippen molar-refractivity contribution in [2.45, 2.75) is 13.0 Å². The van der Waals surface area contributed by atoms with Crippen LogP contribution in [0.1, 0.15) is 5.56 Å². The van der Waals surface area contributed by atoms with E-state index >= 15 is 0 Å². The first-order valence-electron chi connectivity index (χ1n) is 7.96. The Bertz CT molecular complexity index is 923. The number of hydrogen-bond acceptors (Lipinski definition) is 3. The Kier molecular flexibility index (Phi) is 5.31. The lowest BCUT2D eigenvalue weighted by atomic mass is 10.0. The number of nitrogens with one attached hydrogen (secondary N) is 1. The van der Waals surface area contributed by atoms with Gasteiger partial charge in [-0.25, -0.2) is 0 Å². The van der Waals surface area contributed by atoms with Crippen LogP contribution in [-0.2, 0) is 11.2 Å². The highest BCUT2D eigenvalue weighted by molar-refractivity contribution is 5.96. The van der Waals surface area contributed by atoms with Crippen LogP contribution >= 0.6 is 0 Å². The number of halogens is 2. The molecule has 0 aliphatic rings. The first kappa shape index (κ1) is 17.7. The molecule has 0 aliphatic heterocycles. The summed E-state index contributed by atoms with van der Waals surface area (Å²) in [5, 5.41) is 4.75. The Hall–Kier alpha value is -3.15. The van der Waals surface area contributed by atoms with Gasteiger partial charge in [0.25, 0.3) is 0 Å². The summed E-state index contributed by atoms with van der Waals surface area (Å²) in [5.41, 5.74) is 1.24. The molecule has 0 radical (unpaired) electrons. The van der Waals surface area contributed by atoms with Gasteiger partial charge in [-0.3, -0.25) is 4.79 Å². The lowest BCUT2D eigenvalue weighted by molar-refractivity contribution is -0.115. The van der Waals surface area contributed by atoms with Crippen molar-refractivity contribution >= 4 is 22.4 Å². The molecular formula is C20H17F2NO3. The number of benzene rings is 3. The predicted molar refractivity (Wildman–Crippen MR) is 95.9 cm³/mol. The Morgan fingerprint density at radius 1 is 1.04 bits per heavy atom. The third-order valence-electron chi connectivity index (χ3n) is 3.89. The molecule has 0 saturated carbocycles. The minimum atomic E-state index is -2.98. The first-order chi connectivity index (χ1) is 12.6. The second kappa shape index (κ2) is 7.82. The highest BCUT2D eigenvalue weighted by Crippen LogP contribution is 2.31. The molecule has 1 N–H and O–H groups in total. The molecule has 0 fully saturated rings. The molecule has 0 bridgehead atoms. The summed E-state index contributed by atoms with van der Waals surface area (Å²) in [5.74, 6) is -0.225. The number of methoxy groups -OCH3 is 1. The summed E-state index contributed by atoms with van der Waals surface area (Å²) in [6.45, 7) is -2.98. The van der Waals surface area contributed by atoms with Gasteiger partial charge in [-0.1, -0.05) is 42.5 Å². The minimum absolute atomic E-state index is 0.134. The van der Waals surface area contributed by atoms with Gasteiger partial charge in [0, 0.05) is 11.8 Å². The van der Waals surface area contributed by atoms with E-state index in [0.29, 0.717) is 5.69 Å². The van der Waals surface area contributed by atoms with Crippen LogP contribution in [0.2, 0.25) is 0 Å². The van der Waals surface area contributed by atoms with Gasteiger partial charge in [0.05, 0.1) is 13.5 Å². The van der Waals surface area contributed by atoms with E-state index in [1.807, 2.05) is 42.5 Å². The number of ether oxygens (including phenoxy) is 2. The Morgan fingerprint density at radius 2 is 1.81 bits per heavy atom. The summed E-state index contributed by atoms with van der Waals surface area (Å²) >= 11 is 0. The standard InChI is InChI=1S/C20H17F2NO3/c1-25-17-10-9-15(12-18(17)26-20(21)22)23-19(24)11-14-7-4-6-13-5-2-3-8-16(13)14/h2-10,12,20H,11H2,1H3,(H,23,24). The van der Waals surface area contributed by atoms with Crippen LogP contribution in [-0.4, -0.2) is 19.6 Å². The van der Waals surface area contributed by atoms with E-state index in [4.69, 9.17) is 4.74 Å². The first-order valence-corrected chi connectivity index (χ1v) is 7.96. The molecule has 1 amide bonds. The van der Waals surface area contributed by atoms with Crippen LogP contribution in [0.25, 0.3) is 10.8 Å².